The first-order valence-corrected chi connectivity index (χ1v) is 7.99. The Hall–Kier alpha value is -1.55. The van der Waals surface area contributed by atoms with Crippen molar-refractivity contribution in [2.75, 3.05) is 19.7 Å². The molecule has 0 bridgehead atoms. The van der Waals surface area contributed by atoms with Crippen molar-refractivity contribution in [2.45, 2.75) is 45.1 Å². The largest absolute Gasteiger partial charge is 0.494 e. The number of carbonyl (C=O) groups excluding carboxylic acids is 1. The Morgan fingerprint density at radius 1 is 1.38 bits per heavy atom. The molecule has 1 aromatic rings. The van der Waals surface area contributed by atoms with Crippen molar-refractivity contribution in [3.05, 3.63) is 29.8 Å². The van der Waals surface area contributed by atoms with Crippen LogP contribution in [0.3, 0.4) is 0 Å². The molecule has 0 saturated carbocycles. The van der Waals surface area contributed by atoms with Crippen LogP contribution < -0.4 is 15.4 Å². The fourth-order valence-electron chi connectivity index (χ4n) is 2.50. The second-order valence-corrected chi connectivity index (χ2v) is 5.60. The summed E-state index contributed by atoms with van der Waals surface area (Å²) in [5.41, 5.74) is 1.18. The molecule has 1 aliphatic heterocycles. The van der Waals surface area contributed by atoms with Crippen LogP contribution in [0.15, 0.2) is 24.3 Å². The van der Waals surface area contributed by atoms with Crippen molar-refractivity contribution in [1.29, 1.82) is 0 Å². The Morgan fingerprint density at radius 2 is 2.19 bits per heavy atom. The lowest BCUT2D eigenvalue weighted by Gasteiger charge is -2.23. The highest BCUT2D eigenvalue weighted by atomic mass is 16.5. The fourth-order valence-corrected chi connectivity index (χ4v) is 2.50. The molecule has 1 fully saturated rings. The lowest BCUT2D eigenvalue weighted by atomic mass is 10.1. The van der Waals surface area contributed by atoms with Crippen LogP contribution in [0.2, 0.25) is 0 Å². The lowest BCUT2D eigenvalue weighted by molar-refractivity contribution is -0.121. The van der Waals surface area contributed by atoms with Crippen molar-refractivity contribution in [3.63, 3.8) is 0 Å². The summed E-state index contributed by atoms with van der Waals surface area (Å²) in [6, 6.07) is 8.35. The first-order chi connectivity index (χ1) is 10.3. The Labute approximate surface area is 127 Å². The quantitative estimate of drug-likeness (QED) is 0.810. The number of hydrogen-bond acceptors (Lipinski definition) is 3. The molecule has 0 aromatic heterocycles. The molecule has 0 radical (unpaired) electrons. The van der Waals surface area contributed by atoms with E-state index in [1.165, 1.54) is 5.56 Å². The van der Waals surface area contributed by atoms with Crippen molar-refractivity contribution in [2.24, 2.45) is 0 Å². The average Bonchev–Trinajstić information content (AvgIpc) is 2.53. The summed E-state index contributed by atoms with van der Waals surface area (Å²) in [5, 5.41) is 6.41. The summed E-state index contributed by atoms with van der Waals surface area (Å²) in [4.78, 5) is 11.9. The molecule has 1 heterocycles. The number of nitrogens with one attached hydrogen (secondary N) is 2. The van der Waals surface area contributed by atoms with Gasteiger partial charge in [-0.25, -0.2) is 0 Å². The van der Waals surface area contributed by atoms with Gasteiger partial charge in [0.05, 0.1) is 6.61 Å². The van der Waals surface area contributed by atoms with Gasteiger partial charge in [-0.3, -0.25) is 4.79 Å². The van der Waals surface area contributed by atoms with Gasteiger partial charge in [0.25, 0.3) is 0 Å². The molecule has 1 aliphatic rings. The number of aryl methyl sites for hydroxylation is 1. The molecule has 2 N–H and O–H groups in total. The lowest BCUT2D eigenvalue weighted by Crippen LogP contribution is -2.45. The minimum Gasteiger partial charge on any atom is -0.494 e. The van der Waals surface area contributed by atoms with Gasteiger partial charge < -0.3 is 15.4 Å². The van der Waals surface area contributed by atoms with Crippen molar-refractivity contribution in [1.82, 2.24) is 10.6 Å². The standard InChI is InChI=1S/C17H26N2O2/c1-2-12-21-16-8-5-14(6-9-16)7-10-17(20)19-15-4-3-11-18-13-15/h5-6,8-9,15,18H,2-4,7,10-13H2,1H3,(H,19,20)/t15-/m0/s1. The summed E-state index contributed by atoms with van der Waals surface area (Å²) in [5.74, 6) is 1.05. The Morgan fingerprint density at radius 3 is 2.86 bits per heavy atom. The SMILES string of the molecule is CCCOc1ccc(CCC(=O)N[C@H]2CCCNC2)cc1. The van der Waals surface area contributed by atoms with Crippen LogP contribution in [0.5, 0.6) is 5.75 Å². The number of carbonyl (C=O) groups is 1. The summed E-state index contributed by atoms with van der Waals surface area (Å²) < 4.78 is 5.55. The Kier molecular flexibility index (Phi) is 6.54. The van der Waals surface area contributed by atoms with Crippen LogP contribution in [0.1, 0.15) is 38.2 Å². The molecule has 1 aromatic carbocycles. The zero-order valence-electron chi connectivity index (χ0n) is 12.9. The third-order valence-electron chi connectivity index (χ3n) is 3.70. The highest BCUT2D eigenvalue weighted by Gasteiger charge is 2.14. The Bertz CT molecular complexity index is 425. The molecule has 1 amide bonds. The minimum atomic E-state index is 0.148. The van der Waals surface area contributed by atoms with E-state index in [0.717, 1.165) is 51.1 Å². The van der Waals surface area contributed by atoms with Gasteiger partial charge in [-0.2, -0.15) is 0 Å². The number of hydrogen-bond donors (Lipinski definition) is 2. The number of ether oxygens (including phenoxy) is 1. The molecule has 0 spiro atoms. The van der Waals surface area contributed by atoms with Crippen molar-refractivity contribution in [3.8, 4) is 5.75 Å². The molecular weight excluding hydrogens is 264 g/mol. The fraction of sp³-hybridized carbons (Fsp3) is 0.588. The van der Waals surface area contributed by atoms with E-state index in [2.05, 4.69) is 17.6 Å². The number of benzene rings is 1. The third-order valence-corrected chi connectivity index (χ3v) is 3.70. The number of piperidine rings is 1. The van der Waals surface area contributed by atoms with Crippen molar-refractivity contribution >= 4 is 5.91 Å². The topological polar surface area (TPSA) is 50.4 Å². The normalized spacial score (nSPS) is 18.2. The highest BCUT2D eigenvalue weighted by Crippen LogP contribution is 2.13. The predicted molar refractivity (Wildman–Crippen MR) is 84.6 cm³/mol. The molecule has 1 saturated heterocycles. The van der Waals surface area contributed by atoms with E-state index in [1.807, 2.05) is 24.3 Å². The molecule has 4 nitrogen and oxygen atoms in total. The maximum absolute atomic E-state index is 11.9. The van der Waals surface area contributed by atoms with Gasteiger partial charge >= 0.3 is 0 Å². The maximum atomic E-state index is 11.9. The van der Waals surface area contributed by atoms with Crippen LogP contribution in [0.4, 0.5) is 0 Å². The maximum Gasteiger partial charge on any atom is 0.220 e. The number of amides is 1. The zero-order chi connectivity index (χ0) is 14.9. The van der Waals surface area contributed by atoms with Crippen molar-refractivity contribution < 1.29 is 9.53 Å². The second kappa shape index (κ2) is 8.67. The molecule has 1 atom stereocenters. The molecule has 0 unspecified atom stereocenters. The molecule has 116 valence electrons. The zero-order valence-corrected chi connectivity index (χ0v) is 12.9. The van der Waals surface area contributed by atoms with Gasteiger partial charge in [0, 0.05) is 19.0 Å². The van der Waals surface area contributed by atoms with Gasteiger partial charge in [0.15, 0.2) is 0 Å². The smallest absolute Gasteiger partial charge is 0.220 e. The van der Waals surface area contributed by atoms with E-state index in [0.29, 0.717) is 12.5 Å². The van der Waals surface area contributed by atoms with Crippen LogP contribution >= 0.6 is 0 Å². The van der Waals surface area contributed by atoms with Gasteiger partial charge in [-0.1, -0.05) is 19.1 Å². The molecule has 0 aliphatic carbocycles. The molecule has 4 heteroatoms. The summed E-state index contributed by atoms with van der Waals surface area (Å²) in [6.45, 7) is 4.81. The van der Waals surface area contributed by atoms with Crippen LogP contribution in [-0.2, 0) is 11.2 Å². The van der Waals surface area contributed by atoms with Crippen LogP contribution in [-0.4, -0.2) is 31.6 Å². The summed E-state index contributed by atoms with van der Waals surface area (Å²) in [7, 11) is 0. The molecular formula is C17H26N2O2. The first kappa shape index (κ1) is 15.8. The first-order valence-electron chi connectivity index (χ1n) is 7.99. The van der Waals surface area contributed by atoms with Gasteiger partial charge in [0.1, 0.15) is 5.75 Å². The average molecular weight is 290 g/mol. The third kappa shape index (κ3) is 5.76. The van der Waals surface area contributed by atoms with E-state index < -0.39 is 0 Å². The van der Waals surface area contributed by atoms with Crippen LogP contribution in [0.25, 0.3) is 0 Å². The molecule has 2 rings (SSSR count). The highest BCUT2D eigenvalue weighted by molar-refractivity contribution is 5.76. The Balaban J connectivity index is 1.70. The predicted octanol–water partition coefficient (Wildman–Crippen LogP) is 2.28. The van der Waals surface area contributed by atoms with E-state index in [-0.39, 0.29) is 5.91 Å². The monoisotopic (exact) mass is 290 g/mol. The van der Waals surface area contributed by atoms with Gasteiger partial charge in [0.2, 0.25) is 5.91 Å². The second-order valence-electron chi connectivity index (χ2n) is 5.60. The summed E-state index contributed by atoms with van der Waals surface area (Å²) in [6.07, 6.45) is 4.57. The van der Waals surface area contributed by atoms with Crippen LogP contribution in [0, 0.1) is 0 Å². The number of rotatable bonds is 7. The van der Waals surface area contributed by atoms with E-state index in [1.54, 1.807) is 0 Å². The molecule has 21 heavy (non-hydrogen) atoms. The van der Waals surface area contributed by atoms with E-state index in [9.17, 15) is 4.79 Å². The minimum absolute atomic E-state index is 0.148. The van der Waals surface area contributed by atoms with Gasteiger partial charge in [-0.15, -0.1) is 0 Å². The summed E-state index contributed by atoms with van der Waals surface area (Å²) >= 11 is 0. The van der Waals surface area contributed by atoms with Gasteiger partial charge in [-0.05, 0) is 49.9 Å². The van der Waals surface area contributed by atoms with E-state index >= 15 is 0 Å². The van der Waals surface area contributed by atoms with E-state index in [4.69, 9.17) is 4.74 Å².